The number of aliphatic hydroxyl groups is 1. The van der Waals surface area contributed by atoms with Gasteiger partial charge >= 0.3 is 0 Å². The van der Waals surface area contributed by atoms with Crippen molar-refractivity contribution in [3.8, 4) is 11.1 Å². The molecule has 0 spiro atoms. The number of amides is 1. The van der Waals surface area contributed by atoms with Gasteiger partial charge in [0.25, 0.3) is 0 Å². The number of thiazole rings is 1. The molecular weight excluding hydrogens is 415 g/mol. The van der Waals surface area contributed by atoms with Crippen LogP contribution in [0.4, 0.5) is 10.2 Å². The first-order valence-electron chi connectivity index (χ1n) is 10.2. The summed E-state index contributed by atoms with van der Waals surface area (Å²) in [5.74, 6) is -0.477. The van der Waals surface area contributed by atoms with Gasteiger partial charge in [0.1, 0.15) is 12.0 Å². The molecule has 0 saturated heterocycles. The van der Waals surface area contributed by atoms with Crippen molar-refractivity contribution in [1.82, 2.24) is 15.0 Å². The van der Waals surface area contributed by atoms with Crippen molar-refractivity contribution in [3.05, 3.63) is 47.4 Å². The van der Waals surface area contributed by atoms with E-state index in [0.717, 1.165) is 37.7 Å². The number of nitrogens with zero attached hydrogens (tertiary/aromatic N) is 3. The third-order valence-corrected chi connectivity index (χ3v) is 6.61. The molecule has 1 amide bonds. The molecule has 3 atom stereocenters. The summed E-state index contributed by atoms with van der Waals surface area (Å²) in [5.41, 5.74) is 6.21. The summed E-state index contributed by atoms with van der Waals surface area (Å²) in [5, 5.41) is 14.7. The third kappa shape index (κ3) is 3.55. The van der Waals surface area contributed by atoms with E-state index in [1.54, 1.807) is 17.9 Å². The molecule has 158 valence electrons. The lowest BCUT2D eigenvalue weighted by Gasteiger charge is -2.13. The number of aliphatic hydroxyl groups excluding tert-OH is 1. The fourth-order valence-corrected chi connectivity index (χ4v) is 4.65. The van der Waals surface area contributed by atoms with Crippen LogP contribution in [-0.2, 0) is 4.79 Å². The highest BCUT2D eigenvalue weighted by Gasteiger charge is 2.43. The molecule has 3 heterocycles. The maximum Gasteiger partial charge on any atom is 0.231 e. The Morgan fingerprint density at radius 3 is 2.77 bits per heavy atom. The molecule has 3 aromatic heterocycles. The lowest BCUT2D eigenvalue weighted by Crippen LogP contribution is -2.15. The molecule has 0 bridgehead atoms. The fraction of sp³-hybridized carbons (Fsp3) is 0.304. The summed E-state index contributed by atoms with van der Waals surface area (Å²) in [4.78, 5) is 25.5. The summed E-state index contributed by atoms with van der Waals surface area (Å²) in [7, 11) is 0. The van der Waals surface area contributed by atoms with Crippen molar-refractivity contribution < 1.29 is 14.3 Å². The van der Waals surface area contributed by atoms with Crippen LogP contribution in [0.2, 0.25) is 0 Å². The van der Waals surface area contributed by atoms with E-state index in [2.05, 4.69) is 20.3 Å². The third-order valence-electron chi connectivity index (χ3n) is 5.75. The van der Waals surface area contributed by atoms with Gasteiger partial charge in [-0.15, -0.1) is 11.3 Å². The fourth-order valence-electron chi connectivity index (χ4n) is 3.81. The van der Waals surface area contributed by atoms with Gasteiger partial charge in [-0.1, -0.05) is 6.92 Å². The number of rotatable bonds is 5. The van der Waals surface area contributed by atoms with Crippen LogP contribution in [0.3, 0.4) is 0 Å². The number of halogens is 1. The summed E-state index contributed by atoms with van der Waals surface area (Å²) in [6, 6.07) is 5.76. The van der Waals surface area contributed by atoms with Crippen LogP contribution in [0.15, 0.2) is 36.1 Å². The Hall–Kier alpha value is -2.97. The number of aryl methyl sites for hydroxylation is 1. The van der Waals surface area contributed by atoms with Crippen LogP contribution >= 0.6 is 11.3 Å². The molecule has 6 nitrogen and oxygen atoms in total. The van der Waals surface area contributed by atoms with Gasteiger partial charge in [-0.05, 0) is 43.5 Å². The summed E-state index contributed by atoms with van der Waals surface area (Å²) >= 11 is 1.52. The van der Waals surface area contributed by atoms with Gasteiger partial charge < -0.3 is 10.4 Å². The number of alkyl halides is 1. The van der Waals surface area contributed by atoms with Crippen molar-refractivity contribution in [1.29, 1.82) is 0 Å². The predicted molar refractivity (Wildman–Crippen MR) is 120 cm³/mol. The number of benzene rings is 1. The minimum Gasteiger partial charge on any atom is -0.387 e. The number of anilines is 1. The molecule has 1 saturated carbocycles. The second-order valence-corrected chi connectivity index (χ2v) is 8.80. The average molecular weight is 437 g/mol. The number of hydrogen-bond acceptors (Lipinski definition) is 6. The monoisotopic (exact) mass is 436 g/mol. The van der Waals surface area contributed by atoms with Crippen LogP contribution in [0.25, 0.3) is 32.1 Å². The normalized spacial score (nSPS) is 19.0. The molecule has 1 fully saturated rings. The number of carbonyl (C=O) groups is 1. The highest BCUT2D eigenvalue weighted by atomic mass is 32.1. The molecule has 1 aliphatic rings. The van der Waals surface area contributed by atoms with Crippen LogP contribution in [0.5, 0.6) is 0 Å². The molecule has 2 N–H and O–H groups in total. The SMILES string of the molecule is CCC(O)c1cc(C)c(-c2cc3cnc(NC(=O)[C@H]4C[C@H]4F)cc3c3scnc23)cn1. The number of pyridine rings is 2. The summed E-state index contributed by atoms with van der Waals surface area (Å²) < 4.78 is 14.2. The van der Waals surface area contributed by atoms with E-state index in [4.69, 9.17) is 0 Å². The lowest BCUT2D eigenvalue weighted by atomic mass is 9.97. The van der Waals surface area contributed by atoms with E-state index < -0.39 is 18.2 Å². The van der Waals surface area contributed by atoms with E-state index in [0.29, 0.717) is 17.9 Å². The number of carbonyl (C=O) groups excluding carboxylic acids is 1. The molecule has 0 radical (unpaired) electrons. The van der Waals surface area contributed by atoms with E-state index in [1.807, 2.05) is 32.0 Å². The highest BCUT2D eigenvalue weighted by molar-refractivity contribution is 7.17. The van der Waals surface area contributed by atoms with Crippen LogP contribution in [-0.4, -0.2) is 32.1 Å². The Balaban J connectivity index is 1.58. The molecule has 5 rings (SSSR count). The van der Waals surface area contributed by atoms with E-state index >= 15 is 0 Å². The molecule has 1 unspecified atom stereocenters. The van der Waals surface area contributed by atoms with Crippen LogP contribution in [0, 0.1) is 12.8 Å². The Labute approximate surface area is 182 Å². The minimum absolute atomic E-state index is 0.281. The largest absolute Gasteiger partial charge is 0.387 e. The number of hydrogen-bond donors (Lipinski definition) is 2. The van der Waals surface area contributed by atoms with Crippen molar-refractivity contribution in [3.63, 3.8) is 0 Å². The molecule has 1 aliphatic carbocycles. The standard InChI is InChI=1S/C23H21FN4O2S/c1-3-19(29)18-4-11(2)16(9-25-18)14-5-12-8-26-20(28-23(30)15-6-17(15)24)7-13(12)22-21(14)27-10-31-22/h4-5,7-10,15,17,19,29H,3,6H2,1-2H3,(H,26,28,30)/t15-,17+,19?/m0/s1. The van der Waals surface area contributed by atoms with Gasteiger partial charge in [0.15, 0.2) is 0 Å². The minimum atomic E-state index is -1.04. The first kappa shape index (κ1) is 20.0. The van der Waals surface area contributed by atoms with Gasteiger partial charge in [-0.2, -0.15) is 0 Å². The highest BCUT2D eigenvalue weighted by Crippen LogP contribution is 2.39. The Bertz CT molecular complexity index is 1320. The molecule has 31 heavy (non-hydrogen) atoms. The number of nitrogens with one attached hydrogen (secondary N) is 1. The Morgan fingerprint density at radius 1 is 1.26 bits per heavy atom. The zero-order valence-corrected chi connectivity index (χ0v) is 17.9. The molecule has 8 heteroatoms. The summed E-state index contributed by atoms with van der Waals surface area (Å²) in [6.45, 7) is 3.92. The van der Waals surface area contributed by atoms with Crippen LogP contribution in [0.1, 0.15) is 37.1 Å². The van der Waals surface area contributed by atoms with Crippen molar-refractivity contribution in [2.24, 2.45) is 5.92 Å². The molecule has 1 aromatic carbocycles. The second kappa shape index (κ2) is 7.62. The van der Waals surface area contributed by atoms with Crippen molar-refractivity contribution in [2.75, 3.05) is 5.32 Å². The number of fused-ring (bicyclic) bond motifs is 3. The zero-order valence-electron chi connectivity index (χ0n) is 17.1. The molecule has 0 aliphatic heterocycles. The van der Waals surface area contributed by atoms with Gasteiger partial charge in [0, 0.05) is 34.3 Å². The topological polar surface area (TPSA) is 88.0 Å². The molecule has 4 aromatic rings. The lowest BCUT2D eigenvalue weighted by molar-refractivity contribution is -0.117. The van der Waals surface area contributed by atoms with Gasteiger partial charge in [0.2, 0.25) is 5.91 Å². The number of aromatic nitrogens is 3. The predicted octanol–water partition coefficient (Wildman–Crippen LogP) is 4.95. The summed E-state index contributed by atoms with van der Waals surface area (Å²) in [6.07, 6.45) is 2.77. The van der Waals surface area contributed by atoms with E-state index in [1.165, 1.54) is 11.3 Å². The quantitative estimate of drug-likeness (QED) is 0.462. The Morgan fingerprint density at radius 2 is 2.06 bits per heavy atom. The Kier molecular flexibility index (Phi) is 4.91. The van der Waals surface area contributed by atoms with Crippen molar-refractivity contribution >= 4 is 44.1 Å². The first-order valence-corrected chi connectivity index (χ1v) is 11.1. The van der Waals surface area contributed by atoms with Crippen LogP contribution < -0.4 is 5.32 Å². The smallest absolute Gasteiger partial charge is 0.231 e. The van der Waals surface area contributed by atoms with Gasteiger partial charge in [-0.25, -0.2) is 14.4 Å². The van der Waals surface area contributed by atoms with E-state index in [-0.39, 0.29) is 12.3 Å². The molecular formula is C23H21FN4O2S. The maximum atomic E-state index is 13.2. The van der Waals surface area contributed by atoms with E-state index in [9.17, 15) is 14.3 Å². The van der Waals surface area contributed by atoms with Gasteiger partial charge in [0.05, 0.1) is 33.4 Å². The zero-order chi connectivity index (χ0) is 21.7. The van der Waals surface area contributed by atoms with Crippen molar-refractivity contribution in [2.45, 2.75) is 39.0 Å². The first-order chi connectivity index (χ1) is 15.0. The second-order valence-electron chi connectivity index (χ2n) is 7.94. The van der Waals surface area contributed by atoms with Gasteiger partial charge in [-0.3, -0.25) is 9.78 Å². The maximum absolute atomic E-state index is 13.2. The average Bonchev–Trinajstić information content (AvgIpc) is 3.30.